The standard InChI is InChI=1S/C37H74O3/c1-4-7-10-13-16-19-22-27-32-36(33-28-23-20-17-14-11-8-5-2)40-37(39)34-29-24-26-31-35(38)30-25-21-18-15-12-9-6-3/h35-36,38H,4-34H2,1-3H3. The van der Waals surface area contributed by atoms with Crippen LogP contribution in [0, 0.1) is 0 Å². The maximum Gasteiger partial charge on any atom is 0.306 e. The number of unbranched alkanes of at least 4 members (excludes halogenated alkanes) is 22. The van der Waals surface area contributed by atoms with Crippen molar-refractivity contribution < 1.29 is 14.6 Å². The summed E-state index contributed by atoms with van der Waals surface area (Å²) >= 11 is 0. The summed E-state index contributed by atoms with van der Waals surface area (Å²) in [5.74, 6) is 0.00718. The Labute approximate surface area is 252 Å². The van der Waals surface area contributed by atoms with Gasteiger partial charge in [-0.25, -0.2) is 0 Å². The summed E-state index contributed by atoms with van der Waals surface area (Å²) < 4.78 is 6.01. The molecule has 1 unspecified atom stereocenters. The highest BCUT2D eigenvalue weighted by Crippen LogP contribution is 2.19. The summed E-state index contributed by atoms with van der Waals surface area (Å²) in [5, 5.41) is 10.3. The van der Waals surface area contributed by atoms with E-state index >= 15 is 0 Å². The molecule has 0 heterocycles. The van der Waals surface area contributed by atoms with Crippen LogP contribution in [0.2, 0.25) is 0 Å². The molecule has 3 heteroatoms. The Kier molecular flexibility index (Phi) is 32.5. The van der Waals surface area contributed by atoms with Gasteiger partial charge in [-0.15, -0.1) is 0 Å². The van der Waals surface area contributed by atoms with Crippen LogP contribution in [0.3, 0.4) is 0 Å². The van der Waals surface area contributed by atoms with E-state index in [4.69, 9.17) is 4.74 Å². The predicted octanol–water partition coefficient (Wildman–Crippen LogP) is 12.4. The monoisotopic (exact) mass is 567 g/mol. The number of esters is 1. The fourth-order valence-electron chi connectivity index (χ4n) is 5.83. The molecule has 0 fully saturated rings. The Morgan fingerprint density at radius 1 is 0.450 bits per heavy atom. The minimum absolute atomic E-state index is 0.00718. The second-order valence-electron chi connectivity index (χ2n) is 12.8. The van der Waals surface area contributed by atoms with Gasteiger partial charge >= 0.3 is 5.97 Å². The molecule has 0 amide bonds. The van der Waals surface area contributed by atoms with E-state index in [0.717, 1.165) is 51.4 Å². The van der Waals surface area contributed by atoms with E-state index in [0.29, 0.717) is 6.42 Å². The summed E-state index contributed by atoms with van der Waals surface area (Å²) in [6, 6.07) is 0. The van der Waals surface area contributed by atoms with E-state index in [2.05, 4.69) is 20.8 Å². The Bertz CT molecular complexity index is 472. The maximum absolute atomic E-state index is 12.6. The highest BCUT2D eigenvalue weighted by Gasteiger charge is 2.14. The van der Waals surface area contributed by atoms with Gasteiger partial charge < -0.3 is 9.84 Å². The van der Waals surface area contributed by atoms with Crippen LogP contribution in [0.25, 0.3) is 0 Å². The SMILES string of the molecule is CCCCCCCCCCC(CCCCCCCCCC)OC(=O)CCCCCC(O)CCCCCCCCC. The minimum atomic E-state index is -0.162. The normalized spacial score (nSPS) is 12.3. The molecule has 0 aliphatic heterocycles. The lowest BCUT2D eigenvalue weighted by molar-refractivity contribution is -0.150. The predicted molar refractivity (Wildman–Crippen MR) is 176 cm³/mol. The van der Waals surface area contributed by atoms with Crippen molar-refractivity contribution >= 4 is 5.97 Å². The zero-order chi connectivity index (χ0) is 29.4. The topological polar surface area (TPSA) is 46.5 Å². The molecule has 0 aromatic carbocycles. The lowest BCUT2D eigenvalue weighted by Crippen LogP contribution is -2.18. The summed E-state index contributed by atoms with van der Waals surface area (Å²) in [4.78, 5) is 12.6. The van der Waals surface area contributed by atoms with Gasteiger partial charge in [-0.2, -0.15) is 0 Å². The third kappa shape index (κ3) is 30.4. The van der Waals surface area contributed by atoms with Crippen LogP contribution in [0.1, 0.15) is 220 Å². The number of aliphatic hydroxyl groups excluding tert-OH is 1. The third-order valence-corrected chi connectivity index (χ3v) is 8.62. The molecule has 0 radical (unpaired) electrons. The van der Waals surface area contributed by atoms with Gasteiger partial charge in [-0.1, -0.05) is 168 Å². The third-order valence-electron chi connectivity index (χ3n) is 8.62. The molecule has 0 aromatic rings. The van der Waals surface area contributed by atoms with Gasteiger partial charge in [0, 0.05) is 6.42 Å². The number of aliphatic hydroxyl groups is 1. The summed E-state index contributed by atoms with van der Waals surface area (Å²) in [7, 11) is 0. The van der Waals surface area contributed by atoms with Crippen LogP contribution in [0.15, 0.2) is 0 Å². The molecule has 40 heavy (non-hydrogen) atoms. The molecule has 1 N–H and O–H groups in total. The first-order valence-electron chi connectivity index (χ1n) is 18.5. The molecule has 0 spiro atoms. The van der Waals surface area contributed by atoms with Crippen LogP contribution >= 0.6 is 0 Å². The number of ether oxygens (including phenoxy) is 1. The molecule has 0 saturated carbocycles. The highest BCUT2D eigenvalue weighted by atomic mass is 16.5. The zero-order valence-corrected chi connectivity index (χ0v) is 27.8. The van der Waals surface area contributed by atoms with Gasteiger partial charge in [0.15, 0.2) is 0 Å². The number of hydrogen-bond donors (Lipinski definition) is 1. The van der Waals surface area contributed by atoms with Crippen LogP contribution in [0.5, 0.6) is 0 Å². The van der Waals surface area contributed by atoms with Crippen molar-refractivity contribution in [1.82, 2.24) is 0 Å². The van der Waals surface area contributed by atoms with Gasteiger partial charge in [-0.3, -0.25) is 4.79 Å². The molecule has 0 aliphatic carbocycles. The van der Waals surface area contributed by atoms with Crippen LogP contribution < -0.4 is 0 Å². The fourth-order valence-corrected chi connectivity index (χ4v) is 5.83. The van der Waals surface area contributed by atoms with Crippen molar-refractivity contribution in [3.63, 3.8) is 0 Å². The molecule has 0 aromatic heterocycles. The van der Waals surface area contributed by atoms with Gasteiger partial charge in [0.25, 0.3) is 0 Å². The van der Waals surface area contributed by atoms with Crippen LogP contribution in [-0.2, 0) is 9.53 Å². The molecule has 0 bridgehead atoms. The first-order valence-corrected chi connectivity index (χ1v) is 18.5. The van der Waals surface area contributed by atoms with E-state index < -0.39 is 0 Å². The number of rotatable bonds is 33. The smallest absolute Gasteiger partial charge is 0.306 e. The highest BCUT2D eigenvalue weighted by molar-refractivity contribution is 5.69. The Hall–Kier alpha value is -0.570. The quantitative estimate of drug-likeness (QED) is 0.0634. The summed E-state index contributed by atoms with van der Waals surface area (Å²) in [5.41, 5.74) is 0. The van der Waals surface area contributed by atoms with E-state index in [1.54, 1.807) is 0 Å². The first kappa shape index (κ1) is 39.4. The van der Waals surface area contributed by atoms with E-state index in [9.17, 15) is 9.90 Å². The van der Waals surface area contributed by atoms with Crippen molar-refractivity contribution in [3.05, 3.63) is 0 Å². The maximum atomic E-state index is 12.6. The van der Waals surface area contributed by atoms with E-state index in [1.807, 2.05) is 0 Å². The van der Waals surface area contributed by atoms with Gasteiger partial charge in [-0.05, 0) is 44.9 Å². The lowest BCUT2D eigenvalue weighted by atomic mass is 10.0. The van der Waals surface area contributed by atoms with Crippen LogP contribution in [-0.4, -0.2) is 23.3 Å². The van der Waals surface area contributed by atoms with Crippen molar-refractivity contribution in [1.29, 1.82) is 0 Å². The van der Waals surface area contributed by atoms with Gasteiger partial charge in [0.2, 0.25) is 0 Å². The molecule has 0 saturated heterocycles. The number of hydrogen-bond acceptors (Lipinski definition) is 3. The Morgan fingerprint density at radius 3 is 1.12 bits per heavy atom. The first-order chi connectivity index (χ1) is 19.6. The van der Waals surface area contributed by atoms with Crippen molar-refractivity contribution in [2.45, 2.75) is 232 Å². The summed E-state index contributed by atoms with van der Waals surface area (Å²) in [6.45, 7) is 6.81. The van der Waals surface area contributed by atoms with Crippen molar-refractivity contribution in [2.24, 2.45) is 0 Å². The van der Waals surface area contributed by atoms with Crippen molar-refractivity contribution in [2.75, 3.05) is 0 Å². The van der Waals surface area contributed by atoms with Gasteiger partial charge in [0.1, 0.15) is 6.10 Å². The average Bonchev–Trinajstić information content (AvgIpc) is 2.95. The van der Waals surface area contributed by atoms with Crippen LogP contribution in [0.4, 0.5) is 0 Å². The number of carbonyl (C=O) groups is 1. The molecule has 0 rings (SSSR count). The molecule has 240 valence electrons. The molecular weight excluding hydrogens is 492 g/mol. The lowest BCUT2D eigenvalue weighted by Gasteiger charge is -2.18. The van der Waals surface area contributed by atoms with E-state index in [-0.39, 0.29) is 18.2 Å². The molecular formula is C37H74O3. The Morgan fingerprint density at radius 2 is 0.750 bits per heavy atom. The van der Waals surface area contributed by atoms with Gasteiger partial charge in [0.05, 0.1) is 6.10 Å². The second-order valence-corrected chi connectivity index (χ2v) is 12.8. The minimum Gasteiger partial charge on any atom is -0.462 e. The second kappa shape index (κ2) is 32.9. The Balaban J connectivity index is 4.04. The zero-order valence-electron chi connectivity index (χ0n) is 27.8. The largest absolute Gasteiger partial charge is 0.462 e. The fraction of sp³-hybridized carbons (Fsp3) is 0.973. The molecule has 1 atom stereocenters. The summed E-state index contributed by atoms with van der Waals surface area (Å²) in [6.07, 6.45) is 37.6. The molecule has 3 nitrogen and oxygen atoms in total. The van der Waals surface area contributed by atoms with E-state index in [1.165, 1.54) is 141 Å². The number of carbonyl (C=O) groups excluding carboxylic acids is 1. The van der Waals surface area contributed by atoms with Crippen molar-refractivity contribution in [3.8, 4) is 0 Å². The molecule has 0 aliphatic rings. The average molecular weight is 567 g/mol.